The molecule has 0 fully saturated rings. The van der Waals surface area contributed by atoms with Crippen molar-refractivity contribution < 1.29 is 13.0 Å². The largest absolute Gasteiger partial charge is 0.285 e. The van der Waals surface area contributed by atoms with E-state index in [2.05, 4.69) is 0 Å². The van der Waals surface area contributed by atoms with Gasteiger partial charge in [-0.05, 0) is 17.7 Å². The molecule has 1 aromatic carbocycles. The van der Waals surface area contributed by atoms with E-state index in [9.17, 15) is 8.42 Å². The Morgan fingerprint density at radius 3 is 2.21 bits per heavy atom. The monoisotopic (exact) mass is 276 g/mol. The Balaban J connectivity index is 0.00000169. The van der Waals surface area contributed by atoms with E-state index in [4.69, 9.17) is 27.8 Å². The Bertz CT molecular complexity index is 416. The highest BCUT2D eigenvalue weighted by Gasteiger charge is 2.07. The zero-order valence-electron chi connectivity index (χ0n) is 6.78. The van der Waals surface area contributed by atoms with Crippen LogP contribution in [0.15, 0.2) is 18.2 Å². The Labute approximate surface area is 98.2 Å². The van der Waals surface area contributed by atoms with Crippen LogP contribution >= 0.6 is 35.6 Å². The lowest BCUT2D eigenvalue weighted by molar-refractivity contribution is 0.482. The van der Waals surface area contributed by atoms with Crippen molar-refractivity contribution in [1.29, 1.82) is 0 Å². The third-order valence-electron chi connectivity index (χ3n) is 1.33. The summed E-state index contributed by atoms with van der Waals surface area (Å²) in [6, 6.07) is 4.37. The highest BCUT2D eigenvalue weighted by molar-refractivity contribution is 7.85. The molecule has 0 aliphatic carbocycles. The molecule has 0 saturated carbocycles. The quantitative estimate of drug-likeness (QED) is 0.846. The second kappa shape index (κ2) is 5.19. The molecule has 0 aromatic heterocycles. The Hall–Kier alpha value is -0.000000000000000111. The highest BCUT2D eigenvalue weighted by atomic mass is 35.5. The van der Waals surface area contributed by atoms with Gasteiger partial charge in [-0.2, -0.15) is 8.42 Å². The van der Waals surface area contributed by atoms with Gasteiger partial charge in [-0.25, -0.2) is 0 Å². The molecule has 0 heterocycles. The van der Waals surface area contributed by atoms with Crippen molar-refractivity contribution in [3.05, 3.63) is 33.8 Å². The number of hydrogen-bond donors (Lipinski definition) is 1. The third kappa shape index (κ3) is 4.48. The van der Waals surface area contributed by atoms with Crippen molar-refractivity contribution in [3.8, 4) is 0 Å². The minimum absolute atomic E-state index is 0. The van der Waals surface area contributed by atoms with E-state index in [1.54, 1.807) is 0 Å². The normalized spacial score (nSPS) is 10.8. The van der Waals surface area contributed by atoms with Crippen molar-refractivity contribution >= 4 is 45.7 Å². The van der Waals surface area contributed by atoms with E-state index in [1.807, 2.05) is 0 Å². The lowest BCUT2D eigenvalue weighted by Gasteiger charge is -2.00. The van der Waals surface area contributed by atoms with Gasteiger partial charge in [-0.3, -0.25) is 4.55 Å². The van der Waals surface area contributed by atoms with Crippen LogP contribution in [0.4, 0.5) is 0 Å². The molecular formula is C7H7Cl3O3S. The van der Waals surface area contributed by atoms with Gasteiger partial charge in [0.1, 0.15) is 5.75 Å². The van der Waals surface area contributed by atoms with Crippen molar-refractivity contribution in [3.63, 3.8) is 0 Å². The fraction of sp³-hybridized carbons (Fsp3) is 0.143. The summed E-state index contributed by atoms with van der Waals surface area (Å²) in [5.74, 6) is -0.454. The third-order valence-corrected chi connectivity index (χ3v) is 2.77. The van der Waals surface area contributed by atoms with Crippen LogP contribution in [0.2, 0.25) is 10.0 Å². The van der Waals surface area contributed by atoms with Crippen LogP contribution in [0.5, 0.6) is 0 Å². The highest BCUT2D eigenvalue weighted by Crippen LogP contribution is 2.23. The molecule has 0 atom stereocenters. The Morgan fingerprint density at radius 1 is 1.21 bits per heavy atom. The van der Waals surface area contributed by atoms with Gasteiger partial charge in [-0.1, -0.05) is 29.3 Å². The molecule has 0 amide bonds. The molecule has 0 spiro atoms. The maximum absolute atomic E-state index is 10.5. The SMILES string of the molecule is Cl.O=S(=O)(O)Cc1ccc(Cl)c(Cl)c1. The van der Waals surface area contributed by atoms with Crippen molar-refractivity contribution in [2.45, 2.75) is 5.75 Å². The van der Waals surface area contributed by atoms with Crippen LogP contribution in [-0.2, 0) is 15.9 Å². The first-order chi connectivity index (χ1) is 5.88. The van der Waals surface area contributed by atoms with Gasteiger partial charge in [0.05, 0.1) is 10.0 Å². The molecule has 14 heavy (non-hydrogen) atoms. The molecule has 80 valence electrons. The van der Waals surface area contributed by atoms with Crippen molar-refractivity contribution in [2.24, 2.45) is 0 Å². The van der Waals surface area contributed by atoms with Gasteiger partial charge in [0.25, 0.3) is 10.1 Å². The predicted molar refractivity (Wildman–Crippen MR) is 59.0 cm³/mol. The summed E-state index contributed by atoms with van der Waals surface area (Å²) in [6.45, 7) is 0. The average Bonchev–Trinajstić information content (AvgIpc) is 1.94. The Kier molecular flexibility index (Phi) is 5.19. The first-order valence-electron chi connectivity index (χ1n) is 3.27. The molecule has 3 nitrogen and oxygen atoms in total. The second-order valence-electron chi connectivity index (χ2n) is 2.47. The average molecular weight is 278 g/mol. The first-order valence-corrected chi connectivity index (χ1v) is 5.64. The van der Waals surface area contributed by atoms with Gasteiger partial charge in [0.15, 0.2) is 0 Å². The smallest absolute Gasteiger partial charge is 0.269 e. The maximum Gasteiger partial charge on any atom is 0.269 e. The fourth-order valence-electron chi connectivity index (χ4n) is 0.840. The number of halogens is 3. The summed E-state index contributed by atoms with van der Waals surface area (Å²) in [6.07, 6.45) is 0. The summed E-state index contributed by atoms with van der Waals surface area (Å²) >= 11 is 11.2. The Morgan fingerprint density at radius 2 is 1.79 bits per heavy atom. The van der Waals surface area contributed by atoms with E-state index >= 15 is 0 Å². The zero-order chi connectivity index (χ0) is 10.1. The topological polar surface area (TPSA) is 54.4 Å². The first kappa shape index (κ1) is 14.0. The summed E-state index contributed by atoms with van der Waals surface area (Å²) in [4.78, 5) is 0. The fourth-order valence-corrected chi connectivity index (χ4v) is 1.76. The number of hydrogen-bond acceptors (Lipinski definition) is 2. The second-order valence-corrected chi connectivity index (χ2v) is 4.74. The maximum atomic E-state index is 10.5. The minimum Gasteiger partial charge on any atom is -0.285 e. The van der Waals surface area contributed by atoms with Gasteiger partial charge in [0, 0.05) is 0 Å². The van der Waals surface area contributed by atoms with E-state index in [0.29, 0.717) is 10.6 Å². The summed E-state index contributed by atoms with van der Waals surface area (Å²) in [5, 5.41) is 0.614. The lowest BCUT2D eigenvalue weighted by Crippen LogP contribution is -2.01. The molecule has 0 aliphatic rings. The molecule has 0 bridgehead atoms. The molecule has 0 aliphatic heterocycles. The van der Waals surface area contributed by atoms with Crippen LogP contribution < -0.4 is 0 Å². The summed E-state index contributed by atoms with van der Waals surface area (Å²) < 4.78 is 29.5. The van der Waals surface area contributed by atoms with Gasteiger partial charge in [0.2, 0.25) is 0 Å². The van der Waals surface area contributed by atoms with Crippen LogP contribution in [0.1, 0.15) is 5.56 Å². The van der Waals surface area contributed by atoms with E-state index in [-0.39, 0.29) is 17.4 Å². The standard InChI is InChI=1S/C7H6Cl2O3S.ClH/c8-6-2-1-5(3-7(6)9)4-13(10,11)12;/h1-3H,4H2,(H,10,11,12);1H. The minimum atomic E-state index is -4.01. The van der Waals surface area contributed by atoms with Gasteiger partial charge in [-0.15, -0.1) is 12.4 Å². The van der Waals surface area contributed by atoms with Crippen molar-refractivity contribution in [1.82, 2.24) is 0 Å². The molecule has 0 saturated heterocycles. The van der Waals surface area contributed by atoms with Crippen LogP contribution in [0.25, 0.3) is 0 Å². The van der Waals surface area contributed by atoms with Crippen LogP contribution in [-0.4, -0.2) is 13.0 Å². The lowest BCUT2D eigenvalue weighted by atomic mass is 10.2. The summed E-state index contributed by atoms with van der Waals surface area (Å²) in [5.41, 5.74) is 0.400. The zero-order valence-corrected chi connectivity index (χ0v) is 9.92. The van der Waals surface area contributed by atoms with Crippen LogP contribution in [0.3, 0.4) is 0 Å². The molecule has 7 heteroatoms. The van der Waals surface area contributed by atoms with Gasteiger partial charge < -0.3 is 0 Å². The number of benzene rings is 1. The van der Waals surface area contributed by atoms with E-state index < -0.39 is 15.9 Å². The van der Waals surface area contributed by atoms with E-state index in [1.165, 1.54) is 18.2 Å². The predicted octanol–water partition coefficient (Wildman–Crippen LogP) is 2.80. The molecule has 1 N–H and O–H groups in total. The van der Waals surface area contributed by atoms with Crippen molar-refractivity contribution in [2.75, 3.05) is 0 Å². The number of rotatable bonds is 2. The molecular weight excluding hydrogens is 270 g/mol. The van der Waals surface area contributed by atoms with Crippen LogP contribution in [0, 0.1) is 0 Å². The molecule has 0 unspecified atom stereocenters. The van der Waals surface area contributed by atoms with Gasteiger partial charge >= 0.3 is 0 Å². The molecule has 1 rings (SSSR count). The molecule has 0 radical (unpaired) electrons. The summed E-state index contributed by atoms with van der Waals surface area (Å²) in [7, 11) is -4.01. The van der Waals surface area contributed by atoms with E-state index in [0.717, 1.165) is 0 Å². The molecule has 1 aromatic rings.